The molecule has 0 aliphatic carbocycles. The Hall–Kier alpha value is -1.39. The summed E-state index contributed by atoms with van der Waals surface area (Å²) in [6.07, 6.45) is 4.00. The van der Waals surface area contributed by atoms with Gasteiger partial charge in [-0.3, -0.25) is 0 Å². The highest BCUT2D eigenvalue weighted by molar-refractivity contribution is 5.80. The van der Waals surface area contributed by atoms with Gasteiger partial charge in [-0.1, -0.05) is 0 Å². The highest BCUT2D eigenvalue weighted by Crippen LogP contribution is 2.18. The Bertz CT molecular complexity index is 478. The van der Waals surface area contributed by atoms with Crippen LogP contribution in [0.2, 0.25) is 0 Å². The predicted octanol–water partition coefficient (Wildman–Crippen LogP) is 1.79. The maximum Gasteiger partial charge on any atom is 0.140 e. The standard InChI is InChI=1S/C13H19N3O/c1-3-17-8-7-16-10-11(9-14-2)12-5-4-6-15-13(12)16/h4-6,10,14H,3,7-9H2,1-2H3. The molecule has 92 valence electrons. The molecule has 0 atom stereocenters. The molecule has 4 heteroatoms. The van der Waals surface area contributed by atoms with E-state index in [1.165, 1.54) is 10.9 Å². The zero-order chi connectivity index (χ0) is 12.1. The fourth-order valence-electron chi connectivity index (χ4n) is 2.00. The zero-order valence-corrected chi connectivity index (χ0v) is 10.4. The fraction of sp³-hybridized carbons (Fsp3) is 0.462. The van der Waals surface area contributed by atoms with Gasteiger partial charge in [-0.05, 0) is 31.7 Å². The predicted molar refractivity (Wildman–Crippen MR) is 69.0 cm³/mol. The maximum atomic E-state index is 5.39. The van der Waals surface area contributed by atoms with E-state index in [9.17, 15) is 0 Å². The van der Waals surface area contributed by atoms with Crippen molar-refractivity contribution >= 4 is 11.0 Å². The minimum atomic E-state index is 0.732. The molecule has 17 heavy (non-hydrogen) atoms. The van der Waals surface area contributed by atoms with E-state index in [-0.39, 0.29) is 0 Å². The third-order valence-corrected chi connectivity index (χ3v) is 2.76. The van der Waals surface area contributed by atoms with Gasteiger partial charge in [-0.15, -0.1) is 0 Å². The summed E-state index contributed by atoms with van der Waals surface area (Å²) in [5, 5.41) is 4.41. The van der Waals surface area contributed by atoms with Crippen molar-refractivity contribution < 1.29 is 4.74 Å². The van der Waals surface area contributed by atoms with Gasteiger partial charge in [0.05, 0.1) is 6.61 Å². The second-order valence-electron chi connectivity index (χ2n) is 3.95. The summed E-state index contributed by atoms with van der Waals surface area (Å²) in [5.41, 5.74) is 2.32. The van der Waals surface area contributed by atoms with Gasteiger partial charge < -0.3 is 14.6 Å². The highest BCUT2D eigenvalue weighted by atomic mass is 16.5. The Balaban J connectivity index is 2.28. The third-order valence-electron chi connectivity index (χ3n) is 2.76. The highest BCUT2D eigenvalue weighted by Gasteiger charge is 2.07. The van der Waals surface area contributed by atoms with Gasteiger partial charge in [0.1, 0.15) is 5.65 Å². The van der Waals surface area contributed by atoms with E-state index in [0.717, 1.165) is 32.0 Å². The number of nitrogens with one attached hydrogen (secondary N) is 1. The number of pyridine rings is 1. The van der Waals surface area contributed by atoms with Crippen LogP contribution in [0.15, 0.2) is 24.5 Å². The number of rotatable bonds is 6. The third kappa shape index (κ3) is 2.65. The summed E-state index contributed by atoms with van der Waals surface area (Å²) in [6.45, 7) is 5.22. The Labute approximate surface area is 102 Å². The molecule has 1 N–H and O–H groups in total. The number of ether oxygens (including phenoxy) is 1. The summed E-state index contributed by atoms with van der Waals surface area (Å²) < 4.78 is 7.56. The number of hydrogen-bond acceptors (Lipinski definition) is 3. The zero-order valence-electron chi connectivity index (χ0n) is 10.4. The van der Waals surface area contributed by atoms with Crippen LogP contribution in [0, 0.1) is 0 Å². The summed E-state index contributed by atoms with van der Waals surface area (Å²) in [4.78, 5) is 4.44. The molecule has 0 saturated heterocycles. The molecular weight excluding hydrogens is 214 g/mol. The van der Waals surface area contributed by atoms with Crippen LogP contribution in [0.4, 0.5) is 0 Å². The molecule has 0 amide bonds. The van der Waals surface area contributed by atoms with Gasteiger partial charge in [-0.2, -0.15) is 0 Å². The van der Waals surface area contributed by atoms with E-state index in [4.69, 9.17) is 4.74 Å². The van der Waals surface area contributed by atoms with E-state index in [1.807, 2.05) is 26.2 Å². The van der Waals surface area contributed by atoms with Crippen molar-refractivity contribution in [2.75, 3.05) is 20.3 Å². The van der Waals surface area contributed by atoms with Crippen LogP contribution in [0.1, 0.15) is 12.5 Å². The molecule has 2 rings (SSSR count). The smallest absolute Gasteiger partial charge is 0.140 e. The molecule has 0 aliphatic rings. The molecule has 0 fully saturated rings. The molecule has 0 aromatic carbocycles. The van der Waals surface area contributed by atoms with Crippen molar-refractivity contribution in [2.45, 2.75) is 20.0 Å². The van der Waals surface area contributed by atoms with Gasteiger partial charge in [0, 0.05) is 37.5 Å². The number of hydrogen-bond donors (Lipinski definition) is 1. The average Bonchev–Trinajstić information content (AvgIpc) is 2.70. The molecule has 0 spiro atoms. The van der Waals surface area contributed by atoms with E-state index >= 15 is 0 Å². The van der Waals surface area contributed by atoms with Crippen molar-refractivity contribution in [3.8, 4) is 0 Å². The molecular formula is C13H19N3O. The molecule has 4 nitrogen and oxygen atoms in total. The lowest BCUT2D eigenvalue weighted by molar-refractivity contribution is 0.140. The number of aromatic nitrogens is 2. The van der Waals surface area contributed by atoms with Crippen LogP contribution in [-0.4, -0.2) is 29.8 Å². The first-order valence-electron chi connectivity index (χ1n) is 6.02. The minimum Gasteiger partial charge on any atom is -0.380 e. The SMILES string of the molecule is CCOCCn1cc(CNC)c2cccnc21. The molecule has 0 bridgehead atoms. The summed E-state index contributed by atoms with van der Waals surface area (Å²) in [6, 6.07) is 4.10. The van der Waals surface area contributed by atoms with Crippen LogP contribution in [-0.2, 0) is 17.8 Å². The Kier molecular flexibility index (Phi) is 4.12. The lowest BCUT2D eigenvalue weighted by Crippen LogP contribution is -2.06. The van der Waals surface area contributed by atoms with Gasteiger partial charge in [0.15, 0.2) is 0 Å². The Morgan fingerprint density at radius 2 is 2.35 bits per heavy atom. The van der Waals surface area contributed by atoms with Crippen molar-refractivity contribution in [1.29, 1.82) is 0 Å². The number of fused-ring (bicyclic) bond motifs is 1. The second-order valence-corrected chi connectivity index (χ2v) is 3.95. The minimum absolute atomic E-state index is 0.732. The van der Waals surface area contributed by atoms with Crippen LogP contribution >= 0.6 is 0 Å². The fourth-order valence-corrected chi connectivity index (χ4v) is 2.00. The molecule has 0 radical (unpaired) electrons. The van der Waals surface area contributed by atoms with Crippen LogP contribution in [0.5, 0.6) is 0 Å². The van der Waals surface area contributed by atoms with E-state index < -0.39 is 0 Å². The van der Waals surface area contributed by atoms with Gasteiger partial charge >= 0.3 is 0 Å². The lowest BCUT2D eigenvalue weighted by Gasteiger charge is -2.03. The van der Waals surface area contributed by atoms with E-state index in [0.29, 0.717) is 0 Å². The first-order valence-corrected chi connectivity index (χ1v) is 6.02. The molecule has 2 aromatic rings. The van der Waals surface area contributed by atoms with Crippen LogP contribution in [0.25, 0.3) is 11.0 Å². The molecule has 0 aliphatic heterocycles. The molecule has 2 heterocycles. The average molecular weight is 233 g/mol. The monoisotopic (exact) mass is 233 g/mol. The van der Waals surface area contributed by atoms with Crippen molar-refractivity contribution in [3.05, 3.63) is 30.1 Å². The summed E-state index contributed by atoms with van der Waals surface area (Å²) in [5.74, 6) is 0. The second kappa shape index (κ2) is 5.80. The first-order chi connectivity index (χ1) is 8.36. The van der Waals surface area contributed by atoms with E-state index in [1.54, 1.807) is 0 Å². The van der Waals surface area contributed by atoms with E-state index in [2.05, 4.69) is 27.1 Å². The van der Waals surface area contributed by atoms with Crippen molar-refractivity contribution in [2.24, 2.45) is 0 Å². The van der Waals surface area contributed by atoms with Crippen LogP contribution in [0.3, 0.4) is 0 Å². The van der Waals surface area contributed by atoms with Gasteiger partial charge in [0.25, 0.3) is 0 Å². The molecule has 0 saturated carbocycles. The topological polar surface area (TPSA) is 39.1 Å². The summed E-state index contributed by atoms with van der Waals surface area (Å²) >= 11 is 0. The Morgan fingerprint density at radius 3 is 3.12 bits per heavy atom. The van der Waals surface area contributed by atoms with Crippen molar-refractivity contribution in [1.82, 2.24) is 14.9 Å². The molecule has 0 unspecified atom stereocenters. The number of nitrogens with zero attached hydrogens (tertiary/aromatic N) is 2. The quantitative estimate of drug-likeness (QED) is 0.773. The summed E-state index contributed by atoms with van der Waals surface area (Å²) in [7, 11) is 1.96. The Morgan fingerprint density at radius 1 is 1.47 bits per heavy atom. The van der Waals surface area contributed by atoms with Gasteiger partial charge in [-0.25, -0.2) is 4.98 Å². The lowest BCUT2D eigenvalue weighted by atomic mass is 10.2. The van der Waals surface area contributed by atoms with Crippen molar-refractivity contribution in [3.63, 3.8) is 0 Å². The maximum absolute atomic E-state index is 5.39. The van der Waals surface area contributed by atoms with Crippen LogP contribution < -0.4 is 5.32 Å². The first kappa shape index (κ1) is 12.1. The van der Waals surface area contributed by atoms with Gasteiger partial charge in [0.2, 0.25) is 0 Å². The molecule has 2 aromatic heterocycles. The largest absolute Gasteiger partial charge is 0.380 e. The normalized spacial score (nSPS) is 11.2.